The van der Waals surface area contributed by atoms with Gasteiger partial charge in [0, 0.05) is 12.4 Å². The molecule has 0 saturated heterocycles. The predicted octanol–water partition coefficient (Wildman–Crippen LogP) is 1.37. The molecule has 0 atom stereocenters. The molecule has 0 aliphatic rings. The van der Waals surface area contributed by atoms with Crippen molar-refractivity contribution in [3.63, 3.8) is 0 Å². The molecule has 0 aliphatic carbocycles. The van der Waals surface area contributed by atoms with Crippen LogP contribution in [0.3, 0.4) is 0 Å². The molecule has 1 aromatic heterocycles. The minimum atomic E-state index is -0.662. The van der Waals surface area contributed by atoms with Gasteiger partial charge in [-0.1, -0.05) is 0 Å². The number of carbonyl (C=O) groups is 1. The SMILES string of the molecule is CC(C)(S)C(=O)c1cncnc1. The van der Waals surface area contributed by atoms with Gasteiger partial charge in [0.25, 0.3) is 0 Å². The molecule has 0 amide bonds. The average Bonchev–Trinajstić information content (AvgIpc) is 2.03. The van der Waals surface area contributed by atoms with Crippen LogP contribution in [0.5, 0.6) is 0 Å². The summed E-state index contributed by atoms with van der Waals surface area (Å²) in [5.74, 6) is -0.0635. The van der Waals surface area contributed by atoms with Crippen molar-refractivity contribution in [2.24, 2.45) is 0 Å². The van der Waals surface area contributed by atoms with Gasteiger partial charge in [0.15, 0.2) is 5.78 Å². The third-order valence-electron chi connectivity index (χ3n) is 1.38. The summed E-state index contributed by atoms with van der Waals surface area (Å²) in [4.78, 5) is 19.0. The lowest BCUT2D eigenvalue weighted by atomic mass is 10.0. The summed E-state index contributed by atoms with van der Waals surface area (Å²) in [6, 6.07) is 0. The summed E-state index contributed by atoms with van der Waals surface area (Å²) in [7, 11) is 0. The highest BCUT2D eigenvalue weighted by Crippen LogP contribution is 2.17. The number of hydrogen-bond acceptors (Lipinski definition) is 4. The number of ketones is 1. The lowest BCUT2D eigenvalue weighted by Gasteiger charge is -2.14. The van der Waals surface area contributed by atoms with Crippen molar-refractivity contribution in [2.75, 3.05) is 0 Å². The van der Waals surface area contributed by atoms with Gasteiger partial charge in [-0.3, -0.25) is 4.79 Å². The van der Waals surface area contributed by atoms with E-state index in [2.05, 4.69) is 22.6 Å². The molecule has 0 aliphatic heterocycles. The Morgan fingerprint density at radius 2 is 1.92 bits per heavy atom. The molecule has 1 rings (SSSR count). The Labute approximate surface area is 76.6 Å². The van der Waals surface area contributed by atoms with Gasteiger partial charge >= 0.3 is 0 Å². The highest BCUT2D eigenvalue weighted by Gasteiger charge is 2.24. The summed E-state index contributed by atoms with van der Waals surface area (Å²) in [6.45, 7) is 3.48. The van der Waals surface area contributed by atoms with E-state index in [1.54, 1.807) is 13.8 Å². The summed E-state index contributed by atoms with van der Waals surface area (Å²) in [5.41, 5.74) is 0.498. The average molecular weight is 182 g/mol. The number of Topliss-reactive ketones (excluding diaryl/α,β-unsaturated/α-hetero) is 1. The van der Waals surface area contributed by atoms with Crippen LogP contribution < -0.4 is 0 Å². The van der Waals surface area contributed by atoms with Gasteiger partial charge in [0.2, 0.25) is 0 Å². The first-order valence-corrected chi connectivity index (χ1v) is 3.99. The van der Waals surface area contributed by atoms with Crippen molar-refractivity contribution in [3.05, 3.63) is 24.3 Å². The van der Waals surface area contributed by atoms with Gasteiger partial charge in [-0.25, -0.2) is 9.97 Å². The van der Waals surface area contributed by atoms with Crippen LogP contribution in [0.2, 0.25) is 0 Å². The number of nitrogens with zero attached hydrogens (tertiary/aromatic N) is 2. The molecule has 4 heteroatoms. The first-order chi connectivity index (χ1) is 5.52. The molecule has 1 heterocycles. The minimum Gasteiger partial charge on any atom is -0.293 e. The number of rotatable bonds is 2. The molecule has 0 radical (unpaired) electrons. The molecule has 64 valence electrons. The quantitative estimate of drug-likeness (QED) is 0.555. The molecule has 0 aromatic carbocycles. The molecule has 0 fully saturated rings. The van der Waals surface area contributed by atoms with Crippen molar-refractivity contribution in [3.8, 4) is 0 Å². The highest BCUT2D eigenvalue weighted by molar-refractivity contribution is 7.82. The van der Waals surface area contributed by atoms with E-state index in [0.29, 0.717) is 5.56 Å². The van der Waals surface area contributed by atoms with E-state index in [4.69, 9.17) is 0 Å². The minimum absolute atomic E-state index is 0.0635. The maximum atomic E-state index is 11.5. The van der Waals surface area contributed by atoms with Crippen molar-refractivity contribution in [2.45, 2.75) is 18.6 Å². The maximum Gasteiger partial charge on any atom is 0.181 e. The highest BCUT2D eigenvalue weighted by atomic mass is 32.1. The Kier molecular flexibility index (Phi) is 2.47. The molecular formula is C8H10N2OS. The molecule has 0 bridgehead atoms. The van der Waals surface area contributed by atoms with Crippen molar-refractivity contribution in [1.82, 2.24) is 9.97 Å². The molecule has 3 nitrogen and oxygen atoms in total. The summed E-state index contributed by atoms with van der Waals surface area (Å²) < 4.78 is -0.662. The van der Waals surface area contributed by atoms with Crippen LogP contribution in [-0.2, 0) is 0 Å². The smallest absolute Gasteiger partial charge is 0.181 e. The topological polar surface area (TPSA) is 42.9 Å². The molecule has 0 N–H and O–H groups in total. The third-order valence-corrected chi connectivity index (χ3v) is 1.58. The van der Waals surface area contributed by atoms with Gasteiger partial charge in [-0.2, -0.15) is 12.6 Å². The molecule has 1 aromatic rings. The maximum absolute atomic E-state index is 11.5. The first-order valence-electron chi connectivity index (χ1n) is 3.54. The van der Waals surface area contributed by atoms with E-state index in [-0.39, 0.29) is 5.78 Å². The number of thiol groups is 1. The fourth-order valence-electron chi connectivity index (χ4n) is 0.770. The summed E-state index contributed by atoms with van der Waals surface area (Å²) >= 11 is 4.16. The van der Waals surface area contributed by atoms with Crippen LogP contribution in [0.4, 0.5) is 0 Å². The van der Waals surface area contributed by atoms with Crippen LogP contribution in [0.25, 0.3) is 0 Å². The fourth-order valence-corrected chi connectivity index (χ4v) is 0.899. The van der Waals surface area contributed by atoms with E-state index in [0.717, 1.165) is 0 Å². The largest absolute Gasteiger partial charge is 0.293 e. The molecule has 0 saturated carbocycles. The van der Waals surface area contributed by atoms with Crippen LogP contribution in [0, 0.1) is 0 Å². The monoisotopic (exact) mass is 182 g/mol. The molecule has 0 unspecified atom stereocenters. The van der Waals surface area contributed by atoms with E-state index in [9.17, 15) is 4.79 Å². The van der Waals surface area contributed by atoms with E-state index >= 15 is 0 Å². The van der Waals surface area contributed by atoms with Crippen LogP contribution in [0.1, 0.15) is 24.2 Å². The van der Waals surface area contributed by atoms with Gasteiger partial charge in [-0.05, 0) is 13.8 Å². The van der Waals surface area contributed by atoms with Crippen LogP contribution in [0.15, 0.2) is 18.7 Å². The normalized spacial score (nSPS) is 11.2. The Balaban J connectivity index is 2.94. The van der Waals surface area contributed by atoms with Crippen LogP contribution >= 0.6 is 12.6 Å². The Bertz CT molecular complexity index is 279. The lowest BCUT2D eigenvalue weighted by molar-refractivity contribution is 0.0958. The third kappa shape index (κ3) is 2.04. The lowest BCUT2D eigenvalue weighted by Crippen LogP contribution is -2.25. The standard InChI is InChI=1S/C8H10N2OS/c1-8(2,12)7(11)6-3-9-5-10-4-6/h3-5,12H,1-2H3. The Morgan fingerprint density at radius 3 is 2.33 bits per heavy atom. The van der Waals surface area contributed by atoms with E-state index in [1.807, 2.05) is 0 Å². The van der Waals surface area contributed by atoms with E-state index in [1.165, 1.54) is 18.7 Å². The second kappa shape index (κ2) is 3.23. The van der Waals surface area contributed by atoms with Gasteiger partial charge < -0.3 is 0 Å². The van der Waals surface area contributed by atoms with Gasteiger partial charge in [0.1, 0.15) is 6.33 Å². The molecule has 0 spiro atoms. The number of hydrogen-bond donors (Lipinski definition) is 1. The second-order valence-electron chi connectivity index (χ2n) is 3.02. The van der Waals surface area contributed by atoms with Crippen molar-refractivity contribution in [1.29, 1.82) is 0 Å². The zero-order valence-corrected chi connectivity index (χ0v) is 7.88. The summed E-state index contributed by atoms with van der Waals surface area (Å²) in [6.07, 6.45) is 4.38. The number of carbonyl (C=O) groups excluding carboxylic acids is 1. The fraction of sp³-hybridized carbons (Fsp3) is 0.375. The second-order valence-corrected chi connectivity index (χ2v) is 4.13. The molecular weight excluding hydrogens is 172 g/mol. The van der Waals surface area contributed by atoms with Crippen molar-refractivity contribution < 1.29 is 4.79 Å². The Hall–Kier alpha value is -0.900. The van der Waals surface area contributed by atoms with Gasteiger partial charge in [0.05, 0.1) is 10.3 Å². The first kappa shape index (κ1) is 9.19. The van der Waals surface area contributed by atoms with Gasteiger partial charge in [-0.15, -0.1) is 0 Å². The zero-order valence-electron chi connectivity index (χ0n) is 6.98. The summed E-state index contributed by atoms with van der Waals surface area (Å²) in [5, 5.41) is 0. The number of aromatic nitrogens is 2. The Morgan fingerprint density at radius 1 is 1.42 bits per heavy atom. The zero-order chi connectivity index (χ0) is 9.19. The van der Waals surface area contributed by atoms with Crippen LogP contribution in [-0.4, -0.2) is 20.5 Å². The molecule has 12 heavy (non-hydrogen) atoms. The van der Waals surface area contributed by atoms with Crippen molar-refractivity contribution >= 4 is 18.4 Å². The van der Waals surface area contributed by atoms with E-state index < -0.39 is 4.75 Å². The predicted molar refractivity (Wildman–Crippen MR) is 49.4 cm³/mol.